The first-order valence-corrected chi connectivity index (χ1v) is 11.3. The van der Waals surface area contributed by atoms with E-state index in [1.165, 1.54) is 11.6 Å². The summed E-state index contributed by atoms with van der Waals surface area (Å²) in [6.07, 6.45) is 2.15. The zero-order valence-electron chi connectivity index (χ0n) is 18.0. The van der Waals surface area contributed by atoms with Crippen molar-refractivity contribution in [1.82, 2.24) is 9.55 Å². The van der Waals surface area contributed by atoms with Crippen LogP contribution in [0.4, 0.5) is 4.39 Å². The van der Waals surface area contributed by atoms with Gasteiger partial charge in [0, 0.05) is 22.6 Å². The summed E-state index contributed by atoms with van der Waals surface area (Å²) >= 11 is 0. The van der Waals surface area contributed by atoms with E-state index in [1.807, 2.05) is 19.9 Å². The van der Waals surface area contributed by atoms with Crippen LogP contribution in [-0.4, -0.2) is 27.1 Å². The summed E-state index contributed by atoms with van der Waals surface area (Å²) in [7, 11) is 0. The van der Waals surface area contributed by atoms with Gasteiger partial charge in [-0.1, -0.05) is 6.92 Å². The van der Waals surface area contributed by atoms with Crippen molar-refractivity contribution in [1.29, 1.82) is 0 Å². The van der Waals surface area contributed by atoms with Crippen LogP contribution in [0.2, 0.25) is 0 Å². The Morgan fingerprint density at radius 1 is 1.25 bits per heavy atom. The van der Waals surface area contributed by atoms with Gasteiger partial charge in [-0.05, 0) is 60.9 Å². The highest BCUT2D eigenvalue weighted by molar-refractivity contribution is 5.92. The van der Waals surface area contributed by atoms with Crippen LogP contribution in [0.3, 0.4) is 0 Å². The zero-order valence-corrected chi connectivity index (χ0v) is 18.0. The normalized spacial score (nSPS) is 26.9. The van der Waals surface area contributed by atoms with Crippen molar-refractivity contribution < 1.29 is 19.0 Å². The van der Waals surface area contributed by atoms with Gasteiger partial charge in [0.1, 0.15) is 17.5 Å². The largest absolute Gasteiger partial charge is 0.382 e. The lowest BCUT2D eigenvalue weighted by molar-refractivity contribution is 0.00170. The van der Waals surface area contributed by atoms with Crippen LogP contribution in [0, 0.1) is 12.7 Å². The molecule has 3 aliphatic heterocycles. The minimum Gasteiger partial charge on any atom is -0.382 e. The van der Waals surface area contributed by atoms with Crippen molar-refractivity contribution in [2.75, 3.05) is 0 Å². The molecule has 1 aliphatic carbocycles. The van der Waals surface area contributed by atoms with E-state index in [1.54, 1.807) is 4.57 Å². The maximum atomic E-state index is 14.7. The molecule has 1 saturated heterocycles. The van der Waals surface area contributed by atoms with Gasteiger partial charge in [-0.2, -0.15) is 0 Å². The average molecular weight is 434 g/mol. The third-order valence-electron chi connectivity index (χ3n) is 7.95. The van der Waals surface area contributed by atoms with Crippen LogP contribution in [0.15, 0.2) is 16.9 Å². The number of halogens is 1. The van der Waals surface area contributed by atoms with Crippen molar-refractivity contribution in [2.45, 2.75) is 70.7 Å². The molecule has 164 valence electrons. The molecule has 0 bridgehead atoms. The molecule has 0 spiro atoms. The number of fused-ring (bicyclic) bond motifs is 6. The number of benzene rings is 1. The Kier molecular flexibility index (Phi) is 3.57. The molecule has 0 amide bonds. The maximum absolute atomic E-state index is 14.7. The van der Waals surface area contributed by atoms with Crippen molar-refractivity contribution in [3.63, 3.8) is 0 Å². The molecule has 1 aromatic carbocycles. The molecule has 0 saturated carbocycles. The lowest BCUT2D eigenvalue weighted by Crippen LogP contribution is -2.36. The molecular formula is C25H23FN2O4. The van der Waals surface area contributed by atoms with Gasteiger partial charge in [-0.25, -0.2) is 9.37 Å². The van der Waals surface area contributed by atoms with Crippen LogP contribution in [0.25, 0.3) is 22.3 Å². The van der Waals surface area contributed by atoms with Gasteiger partial charge in [0.25, 0.3) is 5.56 Å². The van der Waals surface area contributed by atoms with Crippen molar-refractivity contribution in [3.8, 4) is 11.4 Å². The summed E-state index contributed by atoms with van der Waals surface area (Å²) in [6.45, 7) is 4.28. The van der Waals surface area contributed by atoms with Gasteiger partial charge in [0.2, 0.25) is 0 Å². The standard InChI is InChI=1S/C25H23FN2O4/c1-3-25(30)16-7-19-21-14(9-28(19)23(29)15(16)10-31-24-22(25)32-24)13-6-4-5-12-11(2)17(26)8-18(27-21)20(12)13/h7-8,22,24,30H,3-6,9-10H2,1-2H3/t22?,24?,25-/m0/s1. The third-order valence-corrected chi connectivity index (χ3v) is 7.95. The average Bonchev–Trinajstić information content (AvgIpc) is 3.50. The zero-order chi connectivity index (χ0) is 21.9. The van der Waals surface area contributed by atoms with E-state index in [2.05, 4.69) is 0 Å². The molecule has 5 heterocycles. The number of aliphatic hydroxyl groups is 1. The lowest BCUT2D eigenvalue weighted by atomic mass is 9.84. The highest BCUT2D eigenvalue weighted by Crippen LogP contribution is 2.48. The molecule has 3 aromatic rings. The number of hydrogen-bond donors (Lipinski definition) is 1. The van der Waals surface area contributed by atoms with Crippen LogP contribution in [-0.2, 0) is 41.1 Å². The summed E-state index contributed by atoms with van der Waals surface area (Å²) < 4.78 is 27.7. The highest BCUT2D eigenvalue weighted by Gasteiger charge is 2.58. The number of epoxide rings is 1. The fourth-order valence-electron chi connectivity index (χ4n) is 6.11. The smallest absolute Gasteiger partial charge is 0.257 e. The van der Waals surface area contributed by atoms with Gasteiger partial charge in [-0.15, -0.1) is 0 Å². The van der Waals surface area contributed by atoms with Crippen LogP contribution < -0.4 is 5.56 Å². The maximum Gasteiger partial charge on any atom is 0.257 e. The Morgan fingerprint density at radius 2 is 2.06 bits per heavy atom. The predicted octanol–water partition coefficient (Wildman–Crippen LogP) is 3.21. The number of rotatable bonds is 1. The van der Waals surface area contributed by atoms with Crippen molar-refractivity contribution >= 4 is 10.9 Å². The number of aryl methyl sites for hydroxylation is 2. The van der Waals surface area contributed by atoms with Crippen LogP contribution in [0.1, 0.15) is 53.1 Å². The second-order valence-electron chi connectivity index (χ2n) is 9.45. The molecule has 0 radical (unpaired) electrons. The van der Waals surface area contributed by atoms with Gasteiger partial charge < -0.3 is 19.1 Å². The fraction of sp³-hybridized carbons (Fsp3) is 0.440. The first-order chi connectivity index (χ1) is 15.4. The van der Waals surface area contributed by atoms with E-state index < -0.39 is 18.0 Å². The number of aromatic nitrogens is 2. The van der Waals surface area contributed by atoms with Crippen molar-refractivity contribution in [3.05, 3.63) is 61.7 Å². The molecule has 3 atom stereocenters. The molecule has 1 N–H and O–H groups in total. The van der Waals surface area contributed by atoms with Crippen molar-refractivity contribution in [2.24, 2.45) is 0 Å². The van der Waals surface area contributed by atoms with Crippen LogP contribution >= 0.6 is 0 Å². The molecular weight excluding hydrogens is 411 g/mol. The monoisotopic (exact) mass is 434 g/mol. The Balaban J connectivity index is 1.53. The first-order valence-electron chi connectivity index (χ1n) is 11.3. The Morgan fingerprint density at radius 3 is 2.88 bits per heavy atom. The second-order valence-corrected chi connectivity index (χ2v) is 9.45. The summed E-state index contributed by atoms with van der Waals surface area (Å²) in [5, 5.41) is 12.5. The van der Waals surface area contributed by atoms with E-state index in [4.69, 9.17) is 14.5 Å². The van der Waals surface area contributed by atoms with E-state index in [0.717, 1.165) is 41.5 Å². The van der Waals surface area contributed by atoms with E-state index in [0.29, 0.717) is 40.9 Å². The third kappa shape index (κ3) is 2.19. The van der Waals surface area contributed by atoms with Crippen LogP contribution in [0.5, 0.6) is 0 Å². The SMILES string of the molecule is CC[C@]1(O)c2cc3n(c(=O)c2COC2OC21)Cc1c-3nc2cc(F)c(C)c3c2c1CCC3. The Hall–Kier alpha value is -2.61. The summed E-state index contributed by atoms with van der Waals surface area (Å²) in [4.78, 5) is 18.5. The van der Waals surface area contributed by atoms with E-state index in [9.17, 15) is 14.3 Å². The first kappa shape index (κ1) is 18.9. The predicted molar refractivity (Wildman–Crippen MR) is 115 cm³/mol. The number of hydrogen-bond acceptors (Lipinski definition) is 5. The summed E-state index contributed by atoms with van der Waals surface area (Å²) in [5.41, 5.74) is 5.64. The highest BCUT2D eigenvalue weighted by atomic mass is 19.1. The number of ether oxygens (including phenoxy) is 2. The topological polar surface area (TPSA) is 76.9 Å². The fourth-order valence-corrected chi connectivity index (χ4v) is 6.11. The minimum atomic E-state index is -1.28. The van der Waals surface area contributed by atoms with E-state index in [-0.39, 0.29) is 18.0 Å². The molecule has 4 aliphatic rings. The number of pyridine rings is 2. The molecule has 32 heavy (non-hydrogen) atoms. The summed E-state index contributed by atoms with van der Waals surface area (Å²) in [6, 6.07) is 3.41. The molecule has 7 rings (SSSR count). The molecule has 2 aromatic heterocycles. The minimum absolute atomic E-state index is 0.116. The molecule has 1 fully saturated rings. The molecule has 7 heteroatoms. The second kappa shape index (κ2) is 6.04. The van der Waals surface area contributed by atoms with E-state index >= 15 is 0 Å². The van der Waals surface area contributed by atoms with Gasteiger partial charge >= 0.3 is 0 Å². The molecule has 2 unspecified atom stereocenters. The van der Waals surface area contributed by atoms with Gasteiger partial charge in [0.05, 0.1) is 30.1 Å². The Bertz CT molecular complexity index is 1430. The summed E-state index contributed by atoms with van der Waals surface area (Å²) in [5.74, 6) is -0.237. The lowest BCUT2D eigenvalue weighted by Gasteiger charge is -2.27. The number of nitrogens with zero attached hydrogens (tertiary/aromatic N) is 2. The molecule has 6 nitrogen and oxygen atoms in total. The quantitative estimate of drug-likeness (QED) is 0.466. The van der Waals surface area contributed by atoms with Gasteiger partial charge in [-0.3, -0.25) is 4.79 Å². The van der Waals surface area contributed by atoms with Gasteiger partial charge in [0.15, 0.2) is 6.29 Å². The Labute approximate surface area is 183 Å².